The molecule has 0 aliphatic carbocycles. The van der Waals surface area contributed by atoms with Crippen molar-refractivity contribution in [1.82, 2.24) is 9.97 Å². The molecule has 19 heavy (non-hydrogen) atoms. The second-order valence-corrected chi connectivity index (χ2v) is 4.13. The van der Waals surface area contributed by atoms with Crippen LogP contribution >= 0.6 is 0 Å². The molecule has 3 heteroatoms. The van der Waals surface area contributed by atoms with Gasteiger partial charge in [-0.25, -0.2) is 0 Å². The number of hydrogen-bond acceptors (Lipinski definition) is 0. The molecule has 4 aromatic rings. The van der Waals surface area contributed by atoms with Crippen molar-refractivity contribution in [3.8, 4) is 0 Å². The van der Waals surface area contributed by atoms with Gasteiger partial charge in [0.15, 0.2) is 0 Å². The summed E-state index contributed by atoms with van der Waals surface area (Å²) in [6.07, 6.45) is 3.90. The number of fused-ring (bicyclic) bond motifs is 2. The molecule has 2 aromatic heterocycles. The van der Waals surface area contributed by atoms with Crippen molar-refractivity contribution in [2.75, 3.05) is 0 Å². The zero-order valence-corrected chi connectivity index (χ0v) is 13.6. The third-order valence-corrected chi connectivity index (χ3v) is 2.93. The van der Waals surface area contributed by atoms with E-state index >= 15 is 0 Å². The van der Waals surface area contributed by atoms with E-state index in [4.69, 9.17) is 0 Å². The maximum absolute atomic E-state index is 3.12. The maximum atomic E-state index is 3.12. The number of nitrogens with one attached hydrogen (secondary N) is 2. The number of hydrogen-bond donors (Lipinski definition) is 2. The van der Waals surface area contributed by atoms with Crippen molar-refractivity contribution in [2.45, 2.75) is 0 Å². The SMILES string of the molecule is [Zn].c1ccc2[nH]ccc2c1.c1ccc2[nH]ccc2c1. The minimum atomic E-state index is 0. The summed E-state index contributed by atoms with van der Waals surface area (Å²) in [5.74, 6) is 0. The summed E-state index contributed by atoms with van der Waals surface area (Å²) in [5.41, 5.74) is 2.41. The van der Waals surface area contributed by atoms with E-state index in [9.17, 15) is 0 Å². The first-order valence-electron chi connectivity index (χ1n) is 5.98. The van der Waals surface area contributed by atoms with Crippen LogP contribution in [-0.4, -0.2) is 9.97 Å². The van der Waals surface area contributed by atoms with E-state index in [0.29, 0.717) is 0 Å². The molecule has 0 amide bonds. The van der Waals surface area contributed by atoms with Crippen LogP contribution in [0.5, 0.6) is 0 Å². The Morgan fingerprint density at radius 2 is 0.947 bits per heavy atom. The van der Waals surface area contributed by atoms with Crippen LogP contribution in [0.3, 0.4) is 0 Å². The molecule has 0 radical (unpaired) electrons. The van der Waals surface area contributed by atoms with Crippen molar-refractivity contribution in [3.63, 3.8) is 0 Å². The number of H-pyrrole nitrogens is 2. The van der Waals surface area contributed by atoms with Crippen LogP contribution in [0.15, 0.2) is 73.1 Å². The third kappa shape index (κ3) is 3.13. The van der Waals surface area contributed by atoms with E-state index < -0.39 is 0 Å². The fraction of sp³-hybridized carbons (Fsp3) is 0. The second-order valence-electron chi connectivity index (χ2n) is 4.13. The van der Waals surface area contributed by atoms with Crippen molar-refractivity contribution < 1.29 is 19.5 Å². The molecule has 0 aliphatic heterocycles. The van der Waals surface area contributed by atoms with Crippen LogP contribution in [-0.2, 0) is 19.5 Å². The number of aromatic amines is 2. The summed E-state index contributed by atoms with van der Waals surface area (Å²) in [6, 6.07) is 20.6. The van der Waals surface area contributed by atoms with Gasteiger partial charge >= 0.3 is 0 Å². The van der Waals surface area contributed by atoms with E-state index in [1.807, 2.05) is 36.7 Å². The summed E-state index contributed by atoms with van der Waals surface area (Å²) in [7, 11) is 0. The molecule has 0 atom stereocenters. The molecule has 0 saturated heterocycles. The standard InChI is InChI=1S/2C8H7N.Zn/c2*1-2-4-8-7(3-1)5-6-9-8;/h2*1-6,9H;. The third-order valence-electron chi connectivity index (χ3n) is 2.93. The van der Waals surface area contributed by atoms with Crippen LogP contribution in [0.25, 0.3) is 21.8 Å². The molecule has 2 aromatic carbocycles. The monoisotopic (exact) mass is 298 g/mol. The van der Waals surface area contributed by atoms with E-state index in [1.54, 1.807) is 0 Å². The van der Waals surface area contributed by atoms with Crippen LogP contribution in [0, 0.1) is 0 Å². The Labute approximate surface area is 124 Å². The maximum Gasteiger partial charge on any atom is 0.0453 e. The van der Waals surface area contributed by atoms with Gasteiger partial charge in [-0.05, 0) is 35.0 Å². The molecule has 4 rings (SSSR count). The Bertz CT molecular complexity index is 629. The molecule has 0 saturated carbocycles. The average molecular weight is 300 g/mol. The van der Waals surface area contributed by atoms with Crippen molar-refractivity contribution >= 4 is 21.8 Å². The van der Waals surface area contributed by atoms with Crippen molar-refractivity contribution in [1.29, 1.82) is 0 Å². The first-order chi connectivity index (χ1) is 8.93. The van der Waals surface area contributed by atoms with Gasteiger partial charge in [0, 0.05) is 42.9 Å². The predicted molar refractivity (Wildman–Crippen MR) is 76.6 cm³/mol. The van der Waals surface area contributed by atoms with Gasteiger partial charge in [0.2, 0.25) is 0 Å². The molecule has 0 fully saturated rings. The molecule has 0 unspecified atom stereocenters. The number of rotatable bonds is 0. The fourth-order valence-corrected chi connectivity index (χ4v) is 1.99. The molecule has 0 bridgehead atoms. The van der Waals surface area contributed by atoms with Crippen LogP contribution < -0.4 is 0 Å². The summed E-state index contributed by atoms with van der Waals surface area (Å²) in [5, 5.41) is 2.55. The molecule has 2 nitrogen and oxygen atoms in total. The van der Waals surface area contributed by atoms with E-state index in [-0.39, 0.29) is 19.5 Å². The molecular formula is C16H14N2Zn. The normalized spacial score (nSPS) is 9.68. The van der Waals surface area contributed by atoms with Gasteiger partial charge in [-0.2, -0.15) is 0 Å². The summed E-state index contributed by atoms with van der Waals surface area (Å²) in [6.45, 7) is 0. The summed E-state index contributed by atoms with van der Waals surface area (Å²) >= 11 is 0. The number of benzene rings is 2. The average Bonchev–Trinajstić information content (AvgIpc) is 3.08. The van der Waals surface area contributed by atoms with Gasteiger partial charge in [0.05, 0.1) is 0 Å². The van der Waals surface area contributed by atoms with E-state index in [2.05, 4.69) is 46.4 Å². The molecule has 90 valence electrons. The van der Waals surface area contributed by atoms with Gasteiger partial charge in [-0.15, -0.1) is 0 Å². The molecular weight excluding hydrogens is 286 g/mol. The predicted octanol–water partition coefficient (Wildman–Crippen LogP) is 4.33. The van der Waals surface area contributed by atoms with Gasteiger partial charge in [-0.1, -0.05) is 36.4 Å². The summed E-state index contributed by atoms with van der Waals surface area (Å²) in [4.78, 5) is 6.24. The summed E-state index contributed by atoms with van der Waals surface area (Å²) < 4.78 is 0. The molecule has 2 N–H and O–H groups in total. The van der Waals surface area contributed by atoms with E-state index in [0.717, 1.165) is 0 Å². The minimum absolute atomic E-state index is 0. The Balaban J connectivity index is 0.000000133. The quantitative estimate of drug-likeness (QED) is 0.453. The molecule has 2 heterocycles. The minimum Gasteiger partial charge on any atom is -0.361 e. The van der Waals surface area contributed by atoms with Crippen LogP contribution in [0.1, 0.15) is 0 Å². The van der Waals surface area contributed by atoms with Crippen LogP contribution in [0.2, 0.25) is 0 Å². The number of para-hydroxylation sites is 2. The molecule has 0 aliphatic rings. The first-order valence-corrected chi connectivity index (χ1v) is 5.98. The van der Waals surface area contributed by atoms with Gasteiger partial charge < -0.3 is 9.97 Å². The Morgan fingerprint density at radius 3 is 1.37 bits per heavy atom. The van der Waals surface area contributed by atoms with Crippen molar-refractivity contribution in [2.24, 2.45) is 0 Å². The largest absolute Gasteiger partial charge is 0.361 e. The topological polar surface area (TPSA) is 31.6 Å². The Kier molecular flexibility index (Phi) is 4.54. The Morgan fingerprint density at radius 1 is 0.526 bits per heavy atom. The fourth-order valence-electron chi connectivity index (χ4n) is 1.99. The van der Waals surface area contributed by atoms with Gasteiger partial charge in [0.1, 0.15) is 0 Å². The van der Waals surface area contributed by atoms with Gasteiger partial charge in [-0.3, -0.25) is 0 Å². The van der Waals surface area contributed by atoms with Crippen molar-refractivity contribution in [3.05, 3.63) is 73.1 Å². The number of aromatic nitrogens is 2. The second kappa shape index (κ2) is 6.35. The van der Waals surface area contributed by atoms with E-state index in [1.165, 1.54) is 21.8 Å². The van der Waals surface area contributed by atoms with Crippen LogP contribution in [0.4, 0.5) is 0 Å². The Hall–Kier alpha value is -1.86. The molecule has 0 spiro atoms. The smallest absolute Gasteiger partial charge is 0.0453 e. The van der Waals surface area contributed by atoms with Gasteiger partial charge in [0.25, 0.3) is 0 Å². The zero-order chi connectivity index (χ0) is 12.2. The zero-order valence-electron chi connectivity index (χ0n) is 10.6. The first kappa shape index (κ1) is 13.6.